The molecule has 4 heterocycles. The summed E-state index contributed by atoms with van der Waals surface area (Å²) in [5.74, 6) is -13.2. The maximum absolute atomic E-state index is 15.9. The number of fused-ring (bicyclic) bond motifs is 2. The molecule has 1 saturated carbocycles. The van der Waals surface area contributed by atoms with Gasteiger partial charge in [0.25, 0.3) is 0 Å². The number of primary amides is 1. The van der Waals surface area contributed by atoms with Crippen molar-refractivity contribution < 1.29 is 92.3 Å². The van der Waals surface area contributed by atoms with Crippen LogP contribution >= 0.6 is 0 Å². The Balaban J connectivity index is 0.958. The third kappa shape index (κ3) is 25.9. The highest BCUT2D eigenvalue weighted by molar-refractivity contribution is 6.01. The van der Waals surface area contributed by atoms with E-state index in [1.165, 1.54) is 39.0 Å². The summed E-state index contributed by atoms with van der Waals surface area (Å²) < 4.78 is 0. The fraction of sp³-hybridized carbons (Fsp3) is 0.529. The van der Waals surface area contributed by atoms with Crippen LogP contribution in [0.2, 0.25) is 0 Å². The van der Waals surface area contributed by atoms with Gasteiger partial charge in [-0.1, -0.05) is 131 Å². The molecule has 35 heteroatoms. The highest BCUT2D eigenvalue weighted by atomic mass is 16.4. The summed E-state index contributed by atoms with van der Waals surface area (Å²) in [7, 11) is 0. The van der Waals surface area contributed by atoms with Gasteiger partial charge in [0.15, 0.2) is 0 Å². The van der Waals surface area contributed by atoms with Crippen LogP contribution in [0.3, 0.4) is 0 Å². The highest BCUT2D eigenvalue weighted by Crippen LogP contribution is 2.41. The molecule has 35 nitrogen and oxygen atoms in total. The van der Waals surface area contributed by atoms with Crippen LogP contribution in [0.25, 0.3) is 22.0 Å². The normalized spacial score (nSPS) is 19.1. The zero-order chi connectivity index (χ0) is 88.3. The van der Waals surface area contributed by atoms with Crippen molar-refractivity contribution in [3.8, 4) is 16.9 Å². The van der Waals surface area contributed by atoms with Crippen molar-refractivity contribution in [2.75, 3.05) is 39.4 Å². The molecule has 19 N–H and O–H groups in total. The first-order valence-corrected chi connectivity index (χ1v) is 42.3. The molecule has 4 aliphatic rings. The number of aromatic nitrogens is 1. The molecule has 5 aromatic rings. The number of rotatable bonds is 43. The van der Waals surface area contributed by atoms with E-state index in [1.807, 2.05) is 72.8 Å². The molecule has 9 rings (SSSR count). The molecule has 0 radical (unpaired) electrons. The van der Waals surface area contributed by atoms with E-state index in [9.17, 15) is 73.2 Å². The number of nitrogens with one attached hydrogen (secondary N) is 11. The van der Waals surface area contributed by atoms with E-state index in [0.717, 1.165) is 35.4 Å². The number of benzene rings is 4. The number of aliphatic hydroxyl groups is 2. The van der Waals surface area contributed by atoms with E-state index in [0.29, 0.717) is 80.9 Å². The number of carbonyl (C=O) groups is 15. The molecule has 4 aromatic carbocycles. The van der Waals surface area contributed by atoms with Gasteiger partial charge in [-0.15, -0.1) is 0 Å². The summed E-state index contributed by atoms with van der Waals surface area (Å²) in [6.07, 6.45) is 5.93. The van der Waals surface area contributed by atoms with Crippen LogP contribution in [-0.2, 0) is 91.2 Å². The molecule has 3 saturated heterocycles. The molecular weight excluding hydrogens is 1570 g/mol. The number of carboxylic acids is 1. The number of likely N-dealkylation sites (tertiary alicyclic amines) is 3. The van der Waals surface area contributed by atoms with Crippen molar-refractivity contribution in [2.45, 2.75) is 241 Å². The molecule has 0 spiro atoms. The quantitative estimate of drug-likeness (QED) is 0.0241. The van der Waals surface area contributed by atoms with E-state index in [1.54, 1.807) is 33.0 Å². The fourth-order valence-electron chi connectivity index (χ4n) is 16.6. The van der Waals surface area contributed by atoms with Crippen LogP contribution < -0.4 is 64.6 Å². The summed E-state index contributed by atoms with van der Waals surface area (Å²) in [6, 6.07) is 12.6. The van der Waals surface area contributed by atoms with Crippen LogP contribution in [0, 0.1) is 11.8 Å². The number of aromatic amines is 1. The number of hydrogen-bond donors (Lipinski definition) is 17. The lowest BCUT2D eigenvalue weighted by atomic mass is 9.84. The first kappa shape index (κ1) is 94.0. The maximum atomic E-state index is 15.9. The van der Waals surface area contributed by atoms with E-state index >= 15 is 19.2 Å². The summed E-state index contributed by atoms with van der Waals surface area (Å²) in [6.45, 7) is 4.26. The molecule has 14 atom stereocenters. The number of amides is 14. The van der Waals surface area contributed by atoms with Crippen LogP contribution in [0.5, 0.6) is 5.75 Å². The van der Waals surface area contributed by atoms with Gasteiger partial charge in [0.2, 0.25) is 82.7 Å². The van der Waals surface area contributed by atoms with Gasteiger partial charge in [-0.05, 0) is 148 Å². The van der Waals surface area contributed by atoms with Crippen molar-refractivity contribution in [3.05, 3.63) is 126 Å². The number of phenolic OH excluding ortho intramolecular Hbond substituents is 1. The number of nitrogens with zero attached hydrogens (tertiary/aromatic N) is 3. The molecule has 1 aliphatic carbocycles. The van der Waals surface area contributed by atoms with E-state index < -0.39 is 200 Å². The Morgan fingerprint density at radius 1 is 0.508 bits per heavy atom. The first-order valence-electron chi connectivity index (χ1n) is 42.3. The molecule has 660 valence electrons. The zero-order valence-corrected chi connectivity index (χ0v) is 69.6. The van der Waals surface area contributed by atoms with Crippen molar-refractivity contribution in [1.82, 2.24) is 72.9 Å². The topological polar surface area (TPSA) is 535 Å². The van der Waals surface area contributed by atoms with Crippen LogP contribution in [0.1, 0.15) is 160 Å². The summed E-state index contributed by atoms with van der Waals surface area (Å²) in [5, 5.41) is 67.8. The van der Waals surface area contributed by atoms with Gasteiger partial charge in [0.05, 0.1) is 19.8 Å². The molecule has 122 heavy (non-hydrogen) atoms. The first-order chi connectivity index (χ1) is 58.5. The number of H-pyrrole nitrogens is 1. The number of para-hydroxylation sites is 1. The minimum Gasteiger partial charge on any atom is -0.508 e. The third-order valence-corrected chi connectivity index (χ3v) is 23.1. The maximum Gasteiger partial charge on any atom is 0.303 e. The molecule has 0 bridgehead atoms. The largest absolute Gasteiger partial charge is 0.508 e. The molecule has 14 amide bonds. The third-order valence-electron chi connectivity index (χ3n) is 23.1. The van der Waals surface area contributed by atoms with Crippen molar-refractivity contribution in [1.29, 1.82) is 0 Å². The Bertz CT molecular complexity index is 4490. The predicted octanol–water partition coefficient (Wildman–Crippen LogP) is 0.909. The number of hydrogen-bond acceptors (Lipinski definition) is 19. The second-order valence-corrected chi connectivity index (χ2v) is 32.4. The van der Waals surface area contributed by atoms with Gasteiger partial charge in [-0.25, -0.2) is 0 Å². The lowest BCUT2D eigenvalue weighted by Gasteiger charge is -2.38. The van der Waals surface area contributed by atoms with Crippen molar-refractivity contribution in [3.63, 3.8) is 0 Å². The number of piperidine rings is 1. The number of nitrogens with two attached hydrogens (primary N) is 2. The number of unbranched alkanes of at least 4 members (excludes halogenated alkanes) is 2. The van der Waals surface area contributed by atoms with E-state index in [4.69, 9.17) is 11.5 Å². The number of phenols is 1. The number of aliphatic hydroxyl groups excluding tert-OH is 2. The Kier molecular flexibility index (Phi) is 35.2. The Labute approximate surface area is 708 Å². The average Bonchev–Trinajstić information content (AvgIpc) is 1.61. The van der Waals surface area contributed by atoms with Gasteiger partial charge in [0.1, 0.15) is 78.3 Å². The predicted molar refractivity (Wildman–Crippen MR) is 448 cm³/mol. The lowest BCUT2D eigenvalue weighted by Crippen LogP contribution is -2.62. The standard InChI is InChI=1S/C87H118N16O19/c1-5-6-23-61(94-81(116)68(49-105)99-79(114)64(42-53-31-35-58(107)36-32-53)96-80(115)67(48-104)92-51(4)106)78(113)95-63(37-38-74(109)110)87(122)103-69-26-13-10-21-56(69)45-72(103)84(119)98-66(43-52-29-33-55(34-30-52)54-19-8-7-9-20-54)86(121)101-40-17-15-27-70(101)82(117)97-65(44-57-46-90-60-24-12-11-22-59(57)60)77(112)91-47-73(108)93-62(25-14-16-39-88)85(120)102-41-18-28-71(102)83(118)100-75(50(2)3)76(89)111/h7-9,11-12,19-20,22,24,29-36,46,50,56,61-72,75,90,104-105,107H,5-6,10,13-18,21,23,25-28,37-45,47-49,88H2,1-4H3,(H2,89,111)(H,91,112)(H,92,106)(H,93,108)(H,94,116)(H,95,113)(H,96,115)(H,97,117)(H,98,119)(H,99,114)(H,100,118)(H,109,110)/t56?,61-,62-,63-,64-,65-,66+,67-,68-,69?,70-,71-,72-,75-/m0/s1. The molecular formula is C87H118N16O19. The highest BCUT2D eigenvalue weighted by Gasteiger charge is 2.51. The lowest BCUT2D eigenvalue weighted by molar-refractivity contribution is -0.148. The molecule has 4 fully saturated rings. The Morgan fingerprint density at radius 2 is 1.03 bits per heavy atom. The number of aromatic hydroxyl groups is 1. The molecule has 3 aliphatic heterocycles. The minimum absolute atomic E-state index is 0.0184. The van der Waals surface area contributed by atoms with Crippen LogP contribution in [0.15, 0.2) is 109 Å². The monoisotopic (exact) mass is 1690 g/mol. The fourth-order valence-corrected chi connectivity index (χ4v) is 16.6. The molecule has 1 aromatic heterocycles. The van der Waals surface area contributed by atoms with E-state index in [2.05, 4.69) is 58.2 Å². The van der Waals surface area contributed by atoms with Crippen molar-refractivity contribution in [2.24, 2.45) is 23.3 Å². The number of carbonyl (C=O) groups excluding carboxylic acids is 14. The van der Waals surface area contributed by atoms with Gasteiger partial charge in [0, 0.05) is 68.8 Å². The van der Waals surface area contributed by atoms with Crippen LogP contribution in [-0.4, -0.2) is 247 Å². The number of carboxylic acid groups (broad SMARTS) is 1. The summed E-state index contributed by atoms with van der Waals surface area (Å²) in [4.78, 5) is 220. The molecule has 2 unspecified atom stereocenters. The zero-order valence-electron chi connectivity index (χ0n) is 69.6. The van der Waals surface area contributed by atoms with Gasteiger partial charge < -0.3 is 105 Å². The number of aliphatic carboxylic acids is 1. The second-order valence-electron chi connectivity index (χ2n) is 32.4. The Morgan fingerprint density at radius 3 is 1.68 bits per heavy atom. The van der Waals surface area contributed by atoms with Gasteiger partial charge in [-0.2, -0.15) is 0 Å². The van der Waals surface area contributed by atoms with E-state index in [-0.39, 0.29) is 88.6 Å². The smallest absolute Gasteiger partial charge is 0.303 e. The summed E-state index contributed by atoms with van der Waals surface area (Å²) >= 11 is 0. The second kappa shape index (κ2) is 45.7. The average molecular weight is 1690 g/mol. The minimum atomic E-state index is -1.79. The summed E-state index contributed by atoms with van der Waals surface area (Å²) in [5.41, 5.74) is 15.5. The van der Waals surface area contributed by atoms with Gasteiger partial charge >= 0.3 is 5.97 Å². The van der Waals surface area contributed by atoms with Crippen molar-refractivity contribution >= 4 is 99.6 Å². The SMILES string of the molecule is CCCC[C@H](NC(=O)[C@H](CO)NC(=O)[C@H](Cc1ccc(O)cc1)NC(=O)[C@H](CO)NC(C)=O)C(=O)N[C@@H](CCC(=O)O)C(=O)N1C2CCCCC2C[C@H]1C(=O)N[C@H](Cc1ccc(-c2ccccc2)cc1)C(=O)N1CCCC[C@H]1C(=O)N[C@@H](Cc1c[nH]c2ccccc12)C(=O)NCC(=O)N[C@@H](CCCCN)C(=O)N1CCC[C@H]1C(=O)N[C@H](C(N)=O)C(C)C. The van der Waals surface area contributed by atoms with Crippen LogP contribution in [0.4, 0.5) is 0 Å². The Hall–Kier alpha value is -11.9. The van der Waals surface area contributed by atoms with Gasteiger partial charge in [-0.3, -0.25) is 71.9 Å².